The number of aryl methyl sites for hydroxylation is 1. The standard InChI is InChI=1S/C13H19N3S/c1-3-8-17-9-7-15-13(14)16-12-6-4-5-11(2)10-12/h3-6,10H,1,7-9H2,2H3,(H3,14,15,16). The van der Waals surface area contributed by atoms with Gasteiger partial charge in [-0.25, -0.2) is 0 Å². The lowest BCUT2D eigenvalue weighted by Gasteiger charge is -2.06. The number of hydrogen-bond donors (Lipinski definition) is 2. The van der Waals surface area contributed by atoms with E-state index in [0.717, 1.165) is 23.7 Å². The first-order valence-corrected chi connectivity index (χ1v) is 6.70. The van der Waals surface area contributed by atoms with Crippen molar-refractivity contribution in [3.8, 4) is 0 Å². The Morgan fingerprint density at radius 3 is 3.12 bits per heavy atom. The summed E-state index contributed by atoms with van der Waals surface area (Å²) in [5.41, 5.74) is 7.96. The highest BCUT2D eigenvalue weighted by atomic mass is 32.2. The van der Waals surface area contributed by atoms with E-state index in [1.165, 1.54) is 5.56 Å². The molecule has 0 aliphatic heterocycles. The SMILES string of the molecule is C=CCSCCN=C(N)Nc1cccc(C)c1. The van der Waals surface area contributed by atoms with Crippen molar-refractivity contribution in [1.82, 2.24) is 0 Å². The average molecular weight is 249 g/mol. The van der Waals surface area contributed by atoms with Gasteiger partial charge in [0.25, 0.3) is 0 Å². The molecule has 0 amide bonds. The largest absolute Gasteiger partial charge is 0.370 e. The van der Waals surface area contributed by atoms with Crippen molar-refractivity contribution in [2.24, 2.45) is 10.7 Å². The second-order valence-corrected chi connectivity index (χ2v) is 4.77. The molecular weight excluding hydrogens is 230 g/mol. The van der Waals surface area contributed by atoms with Gasteiger partial charge in [0.2, 0.25) is 0 Å². The average Bonchev–Trinajstić information content (AvgIpc) is 2.29. The monoisotopic (exact) mass is 249 g/mol. The van der Waals surface area contributed by atoms with E-state index >= 15 is 0 Å². The van der Waals surface area contributed by atoms with Gasteiger partial charge in [-0.3, -0.25) is 4.99 Å². The fourth-order valence-electron chi connectivity index (χ4n) is 1.31. The molecule has 0 aliphatic rings. The highest BCUT2D eigenvalue weighted by Crippen LogP contribution is 2.08. The number of thioether (sulfide) groups is 1. The van der Waals surface area contributed by atoms with Gasteiger partial charge < -0.3 is 11.1 Å². The normalized spacial score (nSPS) is 11.2. The number of anilines is 1. The van der Waals surface area contributed by atoms with Gasteiger partial charge in [0.05, 0.1) is 6.54 Å². The van der Waals surface area contributed by atoms with E-state index in [1.807, 2.05) is 37.3 Å². The Morgan fingerprint density at radius 2 is 2.41 bits per heavy atom. The van der Waals surface area contributed by atoms with Crippen LogP contribution in [0, 0.1) is 6.92 Å². The Morgan fingerprint density at radius 1 is 1.59 bits per heavy atom. The number of rotatable bonds is 6. The van der Waals surface area contributed by atoms with Gasteiger partial charge in [-0.15, -0.1) is 6.58 Å². The predicted molar refractivity (Wildman–Crippen MR) is 78.8 cm³/mol. The van der Waals surface area contributed by atoms with Crippen LogP contribution in [-0.4, -0.2) is 24.0 Å². The molecule has 0 fully saturated rings. The van der Waals surface area contributed by atoms with E-state index in [1.54, 1.807) is 11.8 Å². The molecular formula is C13H19N3S. The fraction of sp³-hybridized carbons (Fsp3) is 0.308. The van der Waals surface area contributed by atoms with Gasteiger partial charge >= 0.3 is 0 Å². The van der Waals surface area contributed by atoms with Gasteiger partial charge in [-0.2, -0.15) is 11.8 Å². The van der Waals surface area contributed by atoms with Crippen molar-refractivity contribution < 1.29 is 0 Å². The van der Waals surface area contributed by atoms with Crippen LogP contribution >= 0.6 is 11.8 Å². The topological polar surface area (TPSA) is 50.4 Å². The van der Waals surface area contributed by atoms with E-state index in [9.17, 15) is 0 Å². The highest BCUT2D eigenvalue weighted by Gasteiger charge is 1.94. The van der Waals surface area contributed by atoms with Crippen LogP contribution in [-0.2, 0) is 0 Å². The summed E-state index contributed by atoms with van der Waals surface area (Å²) in [7, 11) is 0. The summed E-state index contributed by atoms with van der Waals surface area (Å²) < 4.78 is 0. The summed E-state index contributed by atoms with van der Waals surface area (Å²) in [4.78, 5) is 4.25. The fourth-order valence-corrected chi connectivity index (χ4v) is 1.86. The van der Waals surface area contributed by atoms with Crippen LogP contribution < -0.4 is 11.1 Å². The minimum absolute atomic E-state index is 0.467. The van der Waals surface area contributed by atoms with Gasteiger partial charge in [0.15, 0.2) is 5.96 Å². The molecule has 0 saturated heterocycles. The molecule has 0 saturated carbocycles. The Balaban J connectivity index is 2.35. The zero-order valence-corrected chi connectivity index (χ0v) is 11.0. The summed E-state index contributed by atoms with van der Waals surface area (Å²) in [6, 6.07) is 8.05. The molecule has 1 aromatic rings. The molecule has 3 nitrogen and oxygen atoms in total. The van der Waals surface area contributed by atoms with Crippen LogP contribution in [0.25, 0.3) is 0 Å². The first-order valence-electron chi connectivity index (χ1n) is 5.54. The van der Waals surface area contributed by atoms with Crippen LogP contribution in [0.3, 0.4) is 0 Å². The van der Waals surface area contributed by atoms with Crippen molar-refractivity contribution in [3.05, 3.63) is 42.5 Å². The first-order chi connectivity index (χ1) is 8.22. The van der Waals surface area contributed by atoms with Crippen LogP contribution in [0.1, 0.15) is 5.56 Å². The Kier molecular flexibility index (Phi) is 6.25. The first kappa shape index (κ1) is 13.6. The molecule has 92 valence electrons. The molecule has 0 heterocycles. The molecule has 0 atom stereocenters. The van der Waals surface area contributed by atoms with Crippen LogP contribution in [0.15, 0.2) is 41.9 Å². The third kappa shape index (κ3) is 6.02. The van der Waals surface area contributed by atoms with E-state index in [0.29, 0.717) is 5.96 Å². The Labute approximate surface area is 107 Å². The summed E-state index contributed by atoms with van der Waals surface area (Å²) in [5.74, 6) is 2.39. The van der Waals surface area contributed by atoms with E-state index < -0.39 is 0 Å². The zero-order chi connectivity index (χ0) is 12.5. The van der Waals surface area contributed by atoms with Gasteiger partial charge in [-0.05, 0) is 24.6 Å². The number of nitrogens with one attached hydrogen (secondary N) is 1. The molecule has 0 aromatic heterocycles. The smallest absolute Gasteiger partial charge is 0.193 e. The predicted octanol–water partition coefficient (Wildman–Crippen LogP) is 2.64. The number of guanidine groups is 1. The van der Waals surface area contributed by atoms with Crippen molar-refractivity contribution >= 4 is 23.4 Å². The molecule has 0 aliphatic carbocycles. The van der Waals surface area contributed by atoms with E-state index in [-0.39, 0.29) is 0 Å². The number of hydrogen-bond acceptors (Lipinski definition) is 2. The molecule has 1 aromatic carbocycles. The van der Waals surface area contributed by atoms with Gasteiger partial charge in [0.1, 0.15) is 0 Å². The molecule has 3 N–H and O–H groups in total. The zero-order valence-electron chi connectivity index (χ0n) is 10.1. The number of benzene rings is 1. The van der Waals surface area contributed by atoms with Crippen LogP contribution in [0.4, 0.5) is 5.69 Å². The van der Waals surface area contributed by atoms with Crippen molar-refractivity contribution in [2.75, 3.05) is 23.4 Å². The van der Waals surface area contributed by atoms with Crippen molar-refractivity contribution in [2.45, 2.75) is 6.92 Å². The van der Waals surface area contributed by atoms with Gasteiger partial charge in [-0.1, -0.05) is 18.2 Å². The molecule has 1 rings (SSSR count). The summed E-state index contributed by atoms with van der Waals surface area (Å²) in [6.45, 7) is 6.44. The third-order valence-corrected chi connectivity index (χ3v) is 2.99. The summed E-state index contributed by atoms with van der Waals surface area (Å²) >= 11 is 1.80. The highest BCUT2D eigenvalue weighted by molar-refractivity contribution is 7.99. The van der Waals surface area contributed by atoms with Crippen molar-refractivity contribution in [1.29, 1.82) is 0 Å². The number of nitrogens with zero attached hydrogens (tertiary/aromatic N) is 1. The molecule has 0 spiro atoms. The summed E-state index contributed by atoms with van der Waals surface area (Å²) in [5, 5.41) is 3.07. The quantitative estimate of drug-likeness (QED) is 0.353. The third-order valence-electron chi connectivity index (χ3n) is 2.04. The lowest BCUT2D eigenvalue weighted by Crippen LogP contribution is -2.23. The molecule has 0 unspecified atom stereocenters. The number of aliphatic imine (C=N–C) groups is 1. The van der Waals surface area contributed by atoms with Crippen LogP contribution in [0.2, 0.25) is 0 Å². The second kappa shape index (κ2) is 7.79. The Hall–Kier alpha value is -1.42. The second-order valence-electron chi connectivity index (χ2n) is 3.63. The molecule has 0 bridgehead atoms. The van der Waals surface area contributed by atoms with E-state index in [4.69, 9.17) is 5.73 Å². The maximum absolute atomic E-state index is 5.78. The van der Waals surface area contributed by atoms with Gasteiger partial charge in [0, 0.05) is 17.2 Å². The molecule has 4 heteroatoms. The molecule has 0 radical (unpaired) electrons. The lowest BCUT2D eigenvalue weighted by molar-refractivity contribution is 1.13. The Bertz CT molecular complexity index is 388. The lowest BCUT2D eigenvalue weighted by atomic mass is 10.2. The molecule has 17 heavy (non-hydrogen) atoms. The van der Waals surface area contributed by atoms with Crippen LogP contribution in [0.5, 0.6) is 0 Å². The van der Waals surface area contributed by atoms with E-state index in [2.05, 4.69) is 16.9 Å². The minimum atomic E-state index is 0.467. The van der Waals surface area contributed by atoms with Crippen molar-refractivity contribution in [3.63, 3.8) is 0 Å². The summed E-state index contributed by atoms with van der Waals surface area (Å²) in [6.07, 6.45) is 1.89. The maximum atomic E-state index is 5.78. The number of nitrogens with two attached hydrogens (primary N) is 1. The maximum Gasteiger partial charge on any atom is 0.193 e. The minimum Gasteiger partial charge on any atom is -0.370 e.